The van der Waals surface area contributed by atoms with Crippen LogP contribution in [0.5, 0.6) is 5.75 Å². The zero-order valence-corrected chi connectivity index (χ0v) is 12.8. The second kappa shape index (κ2) is 6.11. The summed E-state index contributed by atoms with van der Waals surface area (Å²) in [5.74, 6) is -0.527. The molecule has 2 aromatic rings. The predicted molar refractivity (Wildman–Crippen MR) is 88.1 cm³/mol. The summed E-state index contributed by atoms with van der Waals surface area (Å²) in [6.07, 6.45) is 0. The molecular formula is C15H13ClN2O2S. The molecular weight excluding hydrogens is 308 g/mol. The second-order valence-corrected chi connectivity index (χ2v) is 5.38. The number of rotatable bonds is 3. The Kier molecular flexibility index (Phi) is 4.45. The molecule has 0 radical (unpaired) electrons. The van der Waals surface area contributed by atoms with Crippen LogP contribution >= 0.6 is 23.8 Å². The van der Waals surface area contributed by atoms with E-state index in [0.29, 0.717) is 16.3 Å². The number of nitrogens with one attached hydrogen (secondary N) is 1. The summed E-state index contributed by atoms with van der Waals surface area (Å²) in [4.78, 5) is 12.4. The van der Waals surface area contributed by atoms with E-state index in [1.807, 2.05) is 6.92 Å². The fourth-order valence-corrected chi connectivity index (χ4v) is 2.15. The maximum Gasteiger partial charge on any atom is 0.259 e. The molecule has 6 heteroatoms. The van der Waals surface area contributed by atoms with Gasteiger partial charge in [0.05, 0.1) is 16.3 Å². The van der Waals surface area contributed by atoms with Gasteiger partial charge in [-0.05, 0) is 42.8 Å². The lowest BCUT2D eigenvalue weighted by Crippen LogP contribution is -2.13. The number of aryl methyl sites for hydroxylation is 1. The molecule has 0 atom stereocenters. The maximum absolute atomic E-state index is 12.1. The fourth-order valence-electron chi connectivity index (χ4n) is 1.79. The quantitative estimate of drug-likeness (QED) is 0.759. The predicted octanol–water partition coefficient (Wildman–Crippen LogP) is 3.24. The molecule has 0 saturated carbocycles. The Labute approximate surface area is 132 Å². The van der Waals surface area contributed by atoms with Gasteiger partial charge in [-0.15, -0.1) is 0 Å². The van der Waals surface area contributed by atoms with E-state index < -0.39 is 5.91 Å². The Bertz CT molecular complexity index is 732. The first-order valence-corrected chi connectivity index (χ1v) is 6.87. The maximum atomic E-state index is 12.1. The van der Waals surface area contributed by atoms with Gasteiger partial charge in [-0.2, -0.15) is 0 Å². The molecule has 0 spiro atoms. The van der Waals surface area contributed by atoms with Crippen LogP contribution in [0.4, 0.5) is 5.69 Å². The molecule has 0 unspecified atom stereocenters. The summed E-state index contributed by atoms with van der Waals surface area (Å²) in [6.45, 7) is 1.83. The highest BCUT2D eigenvalue weighted by atomic mass is 35.5. The molecule has 1 amide bonds. The molecule has 108 valence electrons. The van der Waals surface area contributed by atoms with Gasteiger partial charge in [0.2, 0.25) is 0 Å². The lowest BCUT2D eigenvalue weighted by atomic mass is 10.1. The number of anilines is 1. The smallest absolute Gasteiger partial charge is 0.259 e. The van der Waals surface area contributed by atoms with Gasteiger partial charge in [-0.25, -0.2) is 0 Å². The number of benzene rings is 2. The van der Waals surface area contributed by atoms with Gasteiger partial charge >= 0.3 is 0 Å². The highest BCUT2D eigenvalue weighted by Crippen LogP contribution is 2.25. The van der Waals surface area contributed by atoms with Crippen LogP contribution in [0.2, 0.25) is 5.02 Å². The summed E-state index contributed by atoms with van der Waals surface area (Å²) in [6, 6.07) is 9.67. The van der Waals surface area contributed by atoms with Crippen LogP contribution in [-0.4, -0.2) is 16.0 Å². The number of aromatic hydroxyl groups is 1. The molecule has 0 aliphatic rings. The van der Waals surface area contributed by atoms with Crippen molar-refractivity contribution in [3.05, 3.63) is 58.1 Å². The standard InChI is InChI=1S/C15H13ClN2O2S/c1-8-2-4-10(13(19)6-8)15(20)18-12-5-3-9(14(17)21)7-11(12)16/h2-7,19H,1H3,(H2,17,21)(H,18,20). The largest absolute Gasteiger partial charge is 0.507 e. The number of thiocarbonyl (C=S) groups is 1. The number of carbonyl (C=O) groups is 1. The van der Waals surface area contributed by atoms with Crippen molar-refractivity contribution in [2.45, 2.75) is 6.92 Å². The third-order valence-electron chi connectivity index (χ3n) is 2.90. The van der Waals surface area contributed by atoms with Gasteiger partial charge in [0.1, 0.15) is 10.7 Å². The number of halogens is 1. The Morgan fingerprint density at radius 2 is 2.00 bits per heavy atom. The molecule has 0 heterocycles. The van der Waals surface area contributed by atoms with Gasteiger partial charge in [-0.1, -0.05) is 29.9 Å². The van der Waals surface area contributed by atoms with E-state index in [2.05, 4.69) is 5.32 Å². The molecule has 2 aromatic carbocycles. The summed E-state index contributed by atoms with van der Waals surface area (Å²) in [5.41, 5.74) is 7.59. The number of hydrogen-bond acceptors (Lipinski definition) is 3. The summed E-state index contributed by atoms with van der Waals surface area (Å²) in [7, 11) is 0. The van der Waals surface area contributed by atoms with Gasteiger partial charge in [0.15, 0.2) is 0 Å². The van der Waals surface area contributed by atoms with Crippen LogP contribution in [0, 0.1) is 6.92 Å². The van der Waals surface area contributed by atoms with Crippen molar-refractivity contribution in [1.82, 2.24) is 0 Å². The Morgan fingerprint density at radius 3 is 2.57 bits per heavy atom. The normalized spacial score (nSPS) is 10.2. The molecule has 0 fully saturated rings. The van der Waals surface area contributed by atoms with E-state index in [-0.39, 0.29) is 16.3 Å². The Hall–Kier alpha value is -2.11. The van der Waals surface area contributed by atoms with Crippen LogP contribution in [-0.2, 0) is 0 Å². The molecule has 0 bridgehead atoms. The van der Waals surface area contributed by atoms with E-state index >= 15 is 0 Å². The lowest BCUT2D eigenvalue weighted by Gasteiger charge is -2.10. The van der Waals surface area contributed by atoms with Gasteiger partial charge < -0.3 is 16.2 Å². The van der Waals surface area contributed by atoms with Crippen molar-refractivity contribution in [2.75, 3.05) is 5.32 Å². The number of hydrogen-bond donors (Lipinski definition) is 3. The van der Waals surface area contributed by atoms with Crippen LogP contribution in [0.15, 0.2) is 36.4 Å². The number of phenolic OH excluding ortho intramolecular Hbond substituents is 1. The summed E-state index contributed by atoms with van der Waals surface area (Å²) < 4.78 is 0. The average molecular weight is 321 g/mol. The SMILES string of the molecule is Cc1ccc(C(=O)Nc2ccc(C(N)=S)cc2Cl)c(O)c1. The molecule has 4 nitrogen and oxygen atoms in total. The molecule has 4 N–H and O–H groups in total. The van der Waals surface area contributed by atoms with Crippen molar-refractivity contribution in [1.29, 1.82) is 0 Å². The fraction of sp³-hybridized carbons (Fsp3) is 0.0667. The number of carbonyl (C=O) groups excluding carboxylic acids is 1. The van der Waals surface area contributed by atoms with Crippen LogP contribution < -0.4 is 11.1 Å². The van der Waals surface area contributed by atoms with E-state index in [4.69, 9.17) is 29.6 Å². The van der Waals surface area contributed by atoms with Crippen LogP contribution in [0.25, 0.3) is 0 Å². The molecule has 0 saturated heterocycles. The van der Waals surface area contributed by atoms with E-state index in [1.165, 1.54) is 6.07 Å². The highest BCUT2D eigenvalue weighted by Gasteiger charge is 2.13. The van der Waals surface area contributed by atoms with Crippen molar-refractivity contribution >= 4 is 40.4 Å². The minimum absolute atomic E-state index is 0.0802. The Morgan fingerprint density at radius 1 is 1.29 bits per heavy atom. The Balaban J connectivity index is 2.25. The minimum atomic E-state index is -0.447. The topological polar surface area (TPSA) is 75.4 Å². The van der Waals surface area contributed by atoms with E-state index in [1.54, 1.807) is 30.3 Å². The first-order valence-electron chi connectivity index (χ1n) is 6.09. The molecule has 2 rings (SSSR count). The van der Waals surface area contributed by atoms with Crippen LogP contribution in [0.3, 0.4) is 0 Å². The van der Waals surface area contributed by atoms with Crippen molar-refractivity contribution in [3.63, 3.8) is 0 Å². The molecule has 0 aliphatic carbocycles. The molecule has 0 aliphatic heterocycles. The van der Waals surface area contributed by atoms with Gasteiger partial charge in [0, 0.05) is 5.56 Å². The number of phenols is 1. The first-order chi connectivity index (χ1) is 9.88. The second-order valence-electron chi connectivity index (χ2n) is 4.53. The van der Waals surface area contributed by atoms with E-state index in [0.717, 1.165) is 5.56 Å². The minimum Gasteiger partial charge on any atom is -0.507 e. The first kappa shape index (κ1) is 15.3. The van der Waals surface area contributed by atoms with Crippen molar-refractivity contribution in [2.24, 2.45) is 5.73 Å². The van der Waals surface area contributed by atoms with Crippen molar-refractivity contribution < 1.29 is 9.90 Å². The van der Waals surface area contributed by atoms with Gasteiger partial charge in [-0.3, -0.25) is 4.79 Å². The molecule has 0 aromatic heterocycles. The zero-order valence-electron chi connectivity index (χ0n) is 11.2. The number of amides is 1. The summed E-state index contributed by atoms with van der Waals surface area (Å²) >= 11 is 10.9. The van der Waals surface area contributed by atoms with Gasteiger partial charge in [0.25, 0.3) is 5.91 Å². The third kappa shape index (κ3) is 3.51. The summed E-state index contributed by atoms with van der Waals surface area (Å²) in [5, 5.41) is 12.8. The molecule has 21 heavy (non-hydrogen) atoms. The third-order valence-corrected chi connectivity index (χ3v) is 3.45. The van der Waals surface area contributed by atoms with E-state index in [9.17, 15) is 9.90 Å². The van der Waals surface area contributed by atoms with Crippen LogP contribution in [0.1, 0.15) is 21.5 Å². The highest BCUT2D eigenvalue weighted by molar-refractivity contribution is 7.80. The monoisotopic (exact) mass is 320 g/mol. The van der Waals surface area contributed by atoms with Crippen molar-refractivity contribution in [3.8, 4) is 5.75 Å². The average Bonchev–Trinajstić information content (AvgIpc) is 2.40. The lowest BCUT2D eigenvalue weighted by molar-refractivity contribution is 0.102. The number of nitrogens with two attached hydrogens (primary N) is 1. The zero-order chi connectivity index (χ0) is 15.6.